The molecule has 1 heterocycles. The molecule has 3 atom stereocenters. The zero-order valence-electron chi connectivity index (χ0n) is 16.3. The van der Waals surface area contributed by atoms with Crippen LogP contribution in [0.2, 0.25) is 0 Å². The van der Waals surface area contributed by atoms with E-state index in [-0.39, 0.29) is 18.1 Å². The summed E-state index contributed by atoms with van der Waals surface area (Å²) in [5.74, 6) is -0.173. The summed E-state index contributed by atoms with van der Waals surface area (Å²) in [4.78, 5) is 19.1. The van der Waals surface area contributed by atoms with Crippen molar-refractivity contribution >= 4 is 5.97 Å². The van der Waals surface area contributed by atoms with Crippen LogP contribution in [0.1, 0.15) is 42.6 Å². The Morgan fingerprint density at radius 3 is 2.04 bits per heavy atom. The molecule has 3 nitrogen and oxygen atoms in total. The van der Waals surface area contributed by atoms with E-state index in [1.165, 1.54) is 0 Å². The lowest BCUT2D eigenvalue weighted by molar-refractivity contribution is -0.187. The zero-order valence-corrected chi connectivity index (χ0v) is 16.3. The van der Waals surface area contributed by atoms with Crippen molar-refractivity contribution in [2.45, 2.75) is 32.4 Å². The standard InChI is InChI=1S/C25H25NO2/c1-19(21-14-8-4-9-15-21)26-23(22-16-10-5-11-17-22)25(2,24(27)28-26)18-20-12-6-3-7-13-20/h3-17,19,23H,18H2,1-2H3/t19-,23-,25+/m0/s1. The van der Waals surface area contributed by atoms with Gasteiger partial charge in [-0.2, -0.15) is 0 Å². The van der Waals surface area contributed by atoms with Gasteiger partial charge in [0.1, 0.15) is 0 Å². The Hall–Kier alpha value is -2.91. The molecule has 3 aromatic carbocycles. The molecular weight excluding hydrogens is 346 g/mol. The largest absolute Gasteiger partial charge is 0.366 e. The molecule has 142 valence electrons. The summed E-state index contributed by atoms with van der Waals surface area (Å²) >= 11 is 0. The van der Waals surface area contributed by atoms with Crippen LogP contribution in [0.4, 0.5) is 0 Å². The van der Waals surface area contributed by atoms with Crippen LogP contribution in [-0.4, -0.2) is 11.0 Å². The number of hydrogen-bond acceptors (Lipinski definition) is 3. The predicted octanol–water partition coefficient (Wildman–Crippen LogP) is 5.51. The van der Waals surface area contributed by atoms with Crippen LogP contribution in [-0.2, 0) is 16.1 Å². The van der Waals surface area contributed by atoms with Gasteiger partial charge in [-0.25, -0.2) is 4.79 Å². The quantitative estimate of drug-likeness (QED) is 0.592. The van der Waals surface area contributed by atoms with Gasteiger partial charge in [0.05, 0.1) is 17.5 Å². The Kier molecular flexibility index (Phi) is 5.01. The normalized spacial score (nSPS) is 23.4. The van der Waals surface area contributed by atoms with Gasteiger partial charge in [-0.05, 0) is 37.0 Å². The van der Waals surface area contributed by atoms with Crippen molar-refractivity contribution in [3.8, 4) is 0 Å². The number of nitrogens with zero attached hydrogens (tertiary/aromatic N) is 1. The molecule has 1 aliphatic rings. The summed E-state index contributed by atoms with van der Waals surface area (Å²) < 4.78 is 0. The van der Waals surface area contributed by atoms with E-state index in [2.05, 4.69) is 43.3 Å². The third kappa shape index (κ3) is 3.34. The van der Waals surface area contributed by atoms with Gasteiger partial charge in [0.25, 0.3) is 0 Å². The number of benzene rings is 3. The van der Waals surface area contributed by atoms with E-state index in [1.54, 1.807) is 0 Å². The first-order chi connectivity index (χ1) is 13.6. The molecule has 0 spiro atoms. The van der Waals surface area contributed by atoms with E-state index in [0.29, 0.717) is 6.42 Å². The minimum atomic E-state index is -0.675. The molecule has 0 saturated carbocycles. The highest BCUT2D eigenvalue weighted by atomic mass is 16.7. The smallest absolute Gasteiger partial charge is 0.333 e. The molecule has 0 bridgehead atoms. The third-order valence-electron chi connectivity index (χ3n) is 5.71. The number of hydrogen-bond donors (Lipinski definition) is 0. The first-order valence-corrected chi connectivity index (χ1v) is 9.74. The second-order valence-corrected chi connectivity index (χ2v) is 7.72. The highest BCUT2D eigenvalue weighted by Gasteiger charge is 2.55. The maximum Gasteiger partial charge on any atom is 0.333 e. The Labute approximate surface area is 166 Å². The first-order valence-electron chi connectivity index (χ1n) is 9.74. The molecule has 3 heteroatoms. The van der Waals surface area contributed by atoms with E-state index in [1.807, 2.05) is 66.6 Å². The highest BCUT2D eigenvalue weighted by Crippen LogP contribution is 2.50. The topological polar surface area (TPSA) is 29.5 Å². The average molecular weight is 371 g/mol. The summed E-state index contributed by atoms with van der Waals surface area (Å²) in [5, 5.41) is 1.88. The summed E-state index contributed by atoms with van der Waals surface area (Å²) in [5.41, 5.74) is 2.68. The monoisotopic (exact) mass is 371 g/mol. The minimum Gasteiger partial charge on any atom is -0.366 e. The van der Waals surface area contributed by atoms with Crippen molar-refractivity contribution in [3.63, 3.8) is 0 Å². The summed E-state index contributed by atoms with van der Waals surface area (Å²) in [7, 11) is 0. The summed E-state index contributed by atoms with van der Waals surface area (Å²) in [6, 6.07) is 30.4. The van der Waals surface area contributed by atoms with Gasteiger partial charge in [0, 0.05) is 0 Å². The number of hydroxylamine groups is 2. The maximum absolute atomic E-state index is 13.2. The average Bonchev–Trinajstić information content (AvgIpc) is 3.00. The van der Waals surface area contributed by atoms with Crippen LogP contribution >= 0.6 is 0 Å². The predicted molar refractivity (Wildman–Crippen MR) is 110 cm³/mol. The first kappa shape index (κ1) is 18.5. The fourth-order valence-electron chi connectivity index (χ4n) is 4.17. The second-order valence-electron chi connectivity index (χ2n) is 7.72. The molecule has 0 aromatic heterocycles. The highest BCUT2D eigenvalue weighted by molar-refractivity contribution is 5.80. The number of carbonyl (C=O) groups excluding carboxylic acids is 1. The number of rotatable bonds is 5. The SMILES string of the molecule is C[C@@H](c1ccccc1)N1OC(=O)[C@](C)(Cc2ccccc2)[C@@H]1c1ccccc1. The van der Waals surface area contributed by atoms with Gasteiger partial charge in [-0.15, -0.1) is 5.06 Å². The van der Waals surface area contributed by atoms with Crippen LogP contribution in [0.25, 0.3) is 0 Å². The molecule has 1 fully saturated rings. The van der Waals surface area contributed by atoms with Crippen molar-refractivity contribution < 1.29 is 9.63 Å². The molecule has 4 rings (SSSR count). The molecule has 1 saturated heterocycles. The Balaban J connectivity index is 1.76. The van der Waals surface area contributed by atoms with E-state index in [9.17, 15) is 4.79 Å². The van der Waals surface area contributed by atoms with Gasteiger partial charge >= 0.3 is 5.97 Å². The van der Waals surface area contributed by atoms with Crippen LogP contribution in [0.15, 0.2) is 91.0 Å². The lowest BCUT2D eigenvalue weighted by Gasteiger charge is -2.33. The minimum absolute atomic E-state index is 0.0482. The van der Waals surface area contributed by atoms with Crippen molar-refractivity contribution in [2.75, 3.05) is 0 Å². The van der Waals surface area contributed by atoms with Crippen molar-refractivity contribution in [2.24, 2.45) is 5.41 Å². The van der Waals surface area contributed by atoms with Crippen LogP contribution in [0.5, 0.6) is 0 Å². The van der Waals surface area contributed by atoms with Gasteiger partial charge in [0.15, 0.2) is 0 Å². The van der Waals surface area contributed by atoms with Crippen LogP contribution in [0, 0.1) is 5.41 Å². The fourth-order valence-corrected chi connectivity index (χ4v) is 4.17. The van der Waals surface area contributed by atoms with Crippen molar-refractivity contribution in [3.05, 3.63) is 108 Å². The lowest BCUT2D eigenvalue weighted by atomic mass is 9.74. The van der Waals surface area contributed by atoms with Gasteiger partial charge in [-0.1, -0.05) is 91.0 Å². The molecule has 0 aliphatic carbocycles. The molecular formula is C25H25NO2. The molecule has 0 N–H and O–H groups in total. The van der Waals surface area contributed by atoms with E-state index >= 15 is 0 Å². The summed E-state index contributed by atoms with van der Waals surface area (Å²) in [6.45, 7) is 4.12. The fraction of sp³-hybridized carbons (Fsp3) is 0.240. The van der Waals surface area contributed by atoms with E-state index in [4.69, 9.17) is 4.84 Å². The zero-order chi connectivity index (χ0) is 19.6. The van der Waals surface area contributed by atoms with Crippen molar-refractivity contribution in [1.82, 2.24) is 5.06 Å². The molecule has 3 aromatic rings. The Bertz CT molecular complexity index is 927. The number of carbonyl (C=O) groups is 1. The van der Waals surface area contributed by atoms with Crippen LogP contribution < -0.4 is 0 Å². The lowest BCUT2D eigenvalue weighted by Crippen LogP contribution is -2.35. The van der Waals surface area contributed by atoms with Crippen LogP contribution in [0.3, 0.4) is 0 Å². The maximum atomic E-state index is 13.2. The van der Waals surface area contributed by atoms with E-state index < -0.39 is 5.41 Å². The third-order valence-corrected chi connectivity index (χ3v) is 5.71. The van der Waals surface area contributed by atoms with E-state index in [0.717, 1.165) is 16.7 Å². The molecule has 0 radical (unpaired) electrons. The van der Waals surface area contributed by atoms with Gasteiger partial charge < -0.3 is 4.84 Å². The summed E-state index contributed by atoms with van der Waals surface area (Å²) in [6.07, 6.45) is 0.629. The molecule has 28 heavy (non-hydrogen) atoms. The molecule has 0 amide bonds. The molecule has 1 aliphatic heterocycles. The van der Waals surface area contributed by atoms with Gasteiger partial charge in [0.2, 0.25) is 0 Å². The Morgan fingerprint density at radius 2 is 1.43 bits per heavy atom. The Morgan fingerprint density at radius 1 is 0.893 bits per heavy atom. The molecule has 0 unspecified atom stereocenters. The van der Waals surface area contributed by atoms with Crippen molar-refractivity contribution in [1.29, 1.82) is 0 Å². The second kappa shape index (κ2) is 7.61. The van der Waals surface area contributed by atoms with Gasteiger partial charge in [-0.3, -0.25) is 0 Å².